The van der Waals surface area contributed by atoms with Crippen molar-refractivity contribution in [2.45, 2.75) is 32.0 Å². The van der Waals surface area contributed by atoms with E-state index in [4.69, 9.17) is 0 Å². The Balaban J connectivity index is 1.35. The van der Waals surface area contributed by atoms with E-state index in [1.807, 2.05) is 36.4 Å². The maximum atomic E-state index is 12.6. The number of carbonyl (C=O) groups is 3. The zero-order valence-corrected chi connectivity index (χ0v) is 17.5. The monoisotopic (exact) mass is 455 g/mol. The quantitative estimate of drug-likeness (QED) is 0.753. The van der Waals surface area contributed by atoms with Gasteiger partial charge in [0, 0.05) is 29.7 Å². The summed E-state index contributed by atoms with van der Waals surface area (Å²) in [5.41, 5.74) is 2.48. The van der Waals surface area contributed by atoms with Gasteiger partial charge in [-0.1, -0.05) is 40.2 Å². The molecule has 2 aliphatic rings. The van der Waals surface area contributed by atoms with Gasteiger partial charge in [0.15, 0.2) is 0 Å². The third-order valence-electron chi connectivity index (χ3n) is 5.43. The molecule has 0 radical (unpaired) electrons. The maximum absolute atomic E-state index is 12.6. The van der Waals surface area contributed by atoms with Crippen molar-refractivity contribution in [2.75, 3.05) is 13.1 Å². The van der Waals surface area contributed by atoms with Crippen LogP contribution in [0, 0.1) is 0 Å². The molecule has 0 spiro atoms. The summed E-state index contributed by atoms with van der Waals surface area (Å²) in [6, 6.07) is 14.7. The number of fused-ring (bicyclic) bond motifs is 1. The van der Waals surface area contributed by atoms with Crippen LogP contribution in [0.2, 0.25) is 0 Å². The molecule has 0 unspecified atom stereocenters. The lowest BCUT2D eigenvalue weighted by Crippen LogP contribution is -2.56. The molecule has 0 aliphatic carbocycles. The van der Waals surface area contributed by atoms with Gasteiger partial charge in [-0.05, 0) is 48.2 Å². The van der Waals surface area contributed by atoms with E-state index in [-0.39, 0.29) is 30.3 Å². The van der Waals surface area contributed by atoms with Crippen molar-refractivity contribution in [1.29, 1.82) is 0 Å². The van der Waals surface area contributed by atoms with E-state index in [1.54, 1.807) is 21.9 Å². The molecule has 0 aromatic heterocycles. The normalized spacial score (nSPS) is 18.7. The first-order valence-corrected chi connectivity index (χ1v) is 10.5. The largest absolute Gasteiger partial charge is 0.348 e. The molecule has 0 bridgehead atoms. The molecular weight excluding hydrogens is 434 g/mol. The fraction of sp³-hybridized carbons (Fsp3) is 0.318. The van der Waals surface area contributed by atoms with Crippen LogP contribution < -0.4 is 5.32 Å². The fourth-order valence-electron chi connectivity index (χ4n) is 3.91. The third-order valence-corrected chi connectivity index (χ3v) is 5.92. The van der Waals surface area contributed by atoms with E-state index in [0.717, 1.165) is 28.4 Å². The molecule has 1 N–H and O–H groups in total. The molecule has 1 atom stereocenters. The molecular formula is C22H22BrN3O3. The van der Waals surface area contributed by atoms with Crippen molar-refractivity contribution < 1.29 is 14.4 Å². The molecule has 7 heteroatoms. The number of nitrogens with one attached hydrogen (secondary N) is 1. The number of benzene rings is 2. The minimum Gasteiger partial charge on any atom is -0.348 e. The van der Waals surface area contributed by atoms with Crippen molar-refractivity contribution in [2.24, 2.45) is 0 Å². The minimum atomic E-state index is -0.292. The second-order valence-corrected chi connectivity index (χ2v) is 8.36. The summed E-state index contributed by atoms with van der Waals surface area (Å²) in [5.74, 6) is -0.101. The highest BCUT2D eigenvalue weighted by atomic mass is 79.9. The summed E-state index contributed by atoms with van der Waals surface area (Å²) in [5, 5.41) is 2.91. The predicted octanol–water partition coefficient (Wildman–Crippen LogP) is 2.71. The predicted molar refractivity (Wildman–Crippen MR) is 112 cm³/mol. The van der Waals surface area contributed by atoms with Crippen molar-refractivity contribution in [3.8, 4) is 0 Å². The molecule has 2 heterocycles. The van der Waals surface area contributed by atoms with E-state index < -0.39 is 0 Å². The second-order valence-electron chi connectivity index (χ2n) is 7.45. The van der Waals surface area contributed by atoms with Crippen molar-refractivity contribution >= 4 is 33.7 Å². The number of carbonyl (C=O) groups excluding carboxylic acids is 3. The van der Waals surface area contributed by atoms with E-state index in [2.05, 4.69) is 21.2 Å². The van der Waals surface area contributed by atoms with Gasteiger partial charge in [0.05, 0.1) is 0 Å². The van der Waals surface area contributed by atoms with Crippen LogP contribution in [0.25, 0.3) is 0 Å². The summed E-state index contributed by atoms with van der Waals surface area (Å²) < 4.78 is 0.972. The van der Waals surface area contributed by atoms with Crippen LogP contribution >= 0.6 is 15.9 Å². The van der Waals surface area contributed by atoms with E-state index in [0.29, 0.717) is 25.2 Å². The molecule has 150 valence electrons. The van der Waals surface area contributed by atoms with Gasteiger partial charge in [0.2, 0.25) is 11.8 Å². The van der Waals surface area contributed by atoms with Gasteiger partial charge >= 0.3 is 0 Å². The average Bonchev–Trinajstić information content (AvgIpc) is 3.21. The lowest BCUT2D eigenvalue weighted by molar-refractivity contribution is -0.154. The van der Waals surface area contributed by atoms with Gasteiger partial charge in [-0.15, -0.1) is 0 Å². The second kappa shape index (κ2) is 8.37. The molecule has 2 aromatic carbocycles. The first-order chi connectivity index (χ1) is 14.0. The zero-order valence-electron chi connectivity index (χ0n) is 15.9. The van der Waals surface area contributed by atoms with Crippen LogP contribution in [0.3, 0.4) is 0 Å². The van der Waals surface area contributed by atoms with Gasteiger partial charge < -0.3 is 15.1 Å². The number of hydrogen-bond donors (Lipinski definition) is 1. The molecule has 6 nitrogen and oxygen atoms in total. The van der Waals surface area contributed by atoms with Gasteiger partial charge in [-0.2, -0.15) is 0 Å². The number of piperazine rings is 1. The first kappa shape index (κ1) is 19.6. The number of rotatable bonds is 5. The Morgan fingerprint density at radius 1 is 1.10 bits per heavy atom. The minimum absolute atomic E-state index is 0.0237. The fourth-order valence-corrected chi connectivity index (χ4v) is 4.36. The maximum Gasteiger partial charge on any atom is 0.251 e. The lowest BCUT2D eigenvalue weighted by atomic mass is 10.1. The summed E-state index contributed by atoms with van der Waals surface area (Å²) in [4.78, 5) is 40.6. The standard InChI is InChI=1S/C22H22BrN3O3/c23-18-4-1-3-16(11-18)12-24-21(28)17-8-6-15(7-9-17)13-25-14-20(27)26-10-2-5-19(26)22(25)29/h1,3-4,6-9,11,19H,2,5,10,12-14H2,(H,24,28)/t19-/m0/s1. The Morgan fingerprint density at radius 3 is 2.66 bits per heavy atom. The van der Waals surface area contributed by atoms with Gasteiger partial charge in [0.1, 0.15) is 12.6 Å². The molecule has 0 saturated carbocycles. The van der Waals surface area contributed by atoms with Gasteiger partial charge in [-0.3, -0.25) is 14.4 Å². The Morgan fingerprint density at radius 2 is 1.90 bits per heavy atom. The first-order valence-electron chi connectivity index (χ1n) is 9.71. The van der Waals surface area contributed by atoms with Crippen LogP contribution in [0.5, 0.6) is 0 Å². The highest BCUT2D eigenvalue weighted by Gasteiger charge is 2.41. The molecule has 2 fully saturated rings. The Kier molecular flexibility index (Phi) is 5.67. The number of hydrogen-bond acceptors (Lipinski definition) is 3. The summed E-state index contributed by atoms with van der Waals surface area (Å²) in [6.07, 6.45) is 1.64. The van der Waals surface area contributed by atoms with Crippen LogP contribution in [0.1, 0.15) is 34.3 Å². The average molecular weight is 456 g/mol. The highest BCUT2D eigenvalue weighted by Crippen LogP contribution is 2.24. The Labute approximate surface area is 178 Å². The van der Waals surface area contributed by atoms with E-state index in [1.165, 1.54) is 0 Å². The van der Waals surface area contributed by atoms with Crippen molar-refractivity contribution in [3.63, 3.8) is 0 Å². The summed E-state index contributed by atoms with van der Waals surface area (Å²) in [7, 11) is 0. The van der Waals surface area contributed by atoms with Crippen molar-refractivity contribution in [3.05, 3.63) is 69.7 Å². The SMILES string of the molecule is O=C(NCc1cccc(Br)c1)c1ccc(CN2CC(=O)N3CCC[C@H]3C2=O)cc1. The molecule has 4 rings (SSSR count). The van der Waals surface area contributed by atoms with Crippen molar-refractivity contribution in [1.82, 2.24) is 15.1 Å². The highest BCUT2D eigenvalue weighted by molar-refractivity contribution is 9.10. The molecule has 2 aromatic rings. The van der Waals surface area contributed by atoms with E-state index in [9.17, 15) is 14.4 Å². The van der Waals surface area contributed by atoms with E-state index >= 15 is 0 Å². The van der Waals surface area contributed by atoms with Gasteiger partial charge in [0.25, 0.3) is 5.91 Å². The van der Waals surface area contributed by atoms with Crippen LogP contribution in [0.4, 0.5) is 0 Å². The Bertz CT molecular complexity index is 945. The van der Waals surface area contributed by atoms with Crippen LogP contribution in [-0.2, 0) is 22.7 Å². The van der Waals surface area contributed by atoms with Crippen LogP contribution in [0.15, 0.2) is 53.0 Å². The molecule has 2 aliphatic heterocycles. The number of halogens is 1. The Hall–Kier alpha value is -2.67. The lowest BCUT2D eigenvalue weighted by Gasteiger charge is -2.36. The molecule has 3 amide bonds. The zero-order chi connectivity index (χ0) is 20.4. The summed E-state index contributed by atoms with van der Waals surface area (Å²) in [6.45, 7) is 1.65. The summed E-state index contributed by atoms with van der Waals surface area (Å²) >= 11 is 3.42. The van der Waals surface area contributed by atoms with Gasteiger partial charge in [-0.25, -0.2) is 0 Å². The third kappa shape index (κ3) is 4.34. The molecule has 29 heavy (non-hydrogen) atoms. The topological polar surface area (TPSA) is 69.7 Å². The molecule has 2 saturated heterocycles. The smallest absolute Gasteiger partial charge is 0.251 e. The van der Waals surface area contributed by atoms with Crippen LogP contribution in [-0.4, -0.2) is 46.7 Å². The number of nitrogens with zero attached hydrogens (tertiary/aromatic N) is 2. The number of amides is 3.